The van der Waals surface area contributed by atoms with Crippen LogP contribution in [-0.2, 0) is 24.3 Å². The van der Waals surface area contributed by atoms with E-state index in [0.717, 1.165) is 35.4 Å². The number of hydrogen-bond acceptors (Lipinski definition) is 3. The molecule has 4 rings (SSSR count). The number of hydrogen-bond donors (Lipinski definition) is 1. The number of benzene rings is 1. The van der Waals surface area contributed by atoms with E-state index >= 15 is 0 Å². The van der Waals surface area contributed by atoms with E-state index in [4.69, 9.17) is 4.84 Å². The smallest absolute Gasteiger partial charge is 0.278 e. The van der Waals surface area contributed by atoms with Gasteiger partial charge in [0, 0.05) is 17.3 Å². The number of thiophene rings is 1. The molecule has 0 saturated heterocycles. The van der Waals surface area contributed by atoms with Gasteiger partial charge in [0.2, 0.25) is 0 Å². The van der Waals surface area contributed by atoms with Gasteiger partial charge >= 0.3 is 0 Å². The van der Waals surface area contributed by atoms with E-state index in [1.54, 1.807) is 11.3 Å². The first kappa shape index (κ1) is 16.1. The molecule has 0 fully saturated rings. The third-order valence-electron chi connectivity index (χ3n) is 4.47. The molecule has 0 saturated carbocycles. The van der Waals surface area contributed by atoms with Crippen LogP contribution in [0, 0.1) is 0 Å². The molecule has 1 aromatic carbocycles. The number of nitrogens with zero attached hydrogens (tertiary/aromatic N) is 1. The number of aryl methyl sites for hydroxylation is 1. The number of carbonyl (C=O) groups is 1. The summed E-state index contributed by atoms with van der Waals surface area (Å²) < 4.78 is 2.02. The van der Waals surface area contributed by atoms with Crippen LogP contribution >= 0.6 is 11.3 Å². The summed E-state index contributed by atoms with van der Waals surface area (Å²) in [6, 6.07) is 13.8. The Hall–Kier alpha value is -2.37. The van der Waals surface area contributed by atoms with E-state index in [1.807, 2.05) is 59.4 Å². The van der Waals surface area contributed by atoms with Crippen LogP contribution in [0.2, 0.25) is 0 Å². The lowest BCUT2D eigenvalue weighted by Gasteiger charge is -2.13. The van der Waals surface area contributed by atoms with E-state index in [1.165, 1.54) is 16.9 Å². The van der Waals surface area contributed by atoms with Gasteiger partial charge in [-0.05, 0) is 48.9 Å². The lowest BCUT2D eigenvalue weighted by molar-refractivity contribution is 0.0233. The van der Waals surface area contributed by atoms with Crippen LogP contribution in [0.4, 0.5) is 0 Å². The molecule has 0 aliphatic heterocycles. The zero-order valence-corrected chi connectivity index (χ0v) is 14.7. The number of rotatable bonds is 5. The standard InChI is InChI=1S/C20H20N2O2S/c23-19(21-24-14-15-8-2-1-3-9-15)18-16-10-4-5-11-17(16)25-20(18)22-12-6-7-13-22/h1-3,6-9,12-13H,4-5,10-11,14H2,(H,21,23). The Morgan fingerprint density at radius 2 is 1.84 bits per heavy atom. The van der Waals surface area contributed by atoms with Crippen LogP contribution in [-0.4, -0.2) is 10.5 Å². The minimum Gasteiger partial charge on any atom is -0.315 e. The topological polar surface area (TPSA) is 43.3 Å². The summed E-state index contributed by atoms with van der Waals surface area (Å²) >= 11 is 1.72. The predicted octanol–water partition coefficient (Wildman–Crippen LogP) is 4.28. The van der Waals surface area contributed by atoms with Gasteiger partial charge in [-0.25, -0.2) is 5.48 Å². The predicted molar refractivity (Wildman–Crippen MR) is 99.0 cm³/mol. The maximum absolute atomic E-state index is 12.8. The van der Waals surface area contributed by atoms with Crippen molar-refractivity contribution in [3.8, 4) is 5.00 Å². The first-order chi connectivity index (χ1) is 12.3. The van der Waals surface area contributed by atoms with Crippen molar-refractivity contribution in [2.45, 2.75) is 32.3 Å². The van der Waals surface area contributed by atoms with E-state index in [0.29, 0.717) is 6.61 Å². The fourth-order valence-corrected chi connectivity index (χ4v) is 4.60. The largest absolute Gasteiger partial charge is 0.315 e. The van der Waals surface area contributed by atoms with E-state index in [2.05, 4.69) is 5.48 Å². The van der Waals surface area contributed by atoms with Crippen molar-refractivity contribution in [1.82, 2.24) is 10.0 Å². The maximum atomic E-state index is 12.8. The van der Waals surface area contributed by atoms with Gasteiger partial charge in [-0.3, -0.25) is 9.63 Å². The molecule has 2 heterocycles. The molecule has 1 aliphatic carbocycles. The molecular weight excluding hydrogens is 332 g/mol. The molecule has 0 radical (unpaired) electrons. The normalized spacial score (nSPS) is 13.4. The zero-order chi connectivity index (χ0) is 17.1. The van der Waals surface area contributed by atoms with Crippen molar-refractivity contribution in [2.24, 2.45) is 0 Å². The first-order valence-corrected chi connectivity index (χ1v) is 9.38. The molecule has 2 aromatic heterocycles. The van der Waals surface area contributed by atoms with Crippen LogP contribution in [0.25, 0.3) is 5.00 Å². The zero-order valence-electron chi connectivity index (χ0n) is 13.9. The molecule has 0 atom stereocenters. The fraction of sp³-hybridized carbons (Fsp3) is 0.250. The second kappa shape index (κ2) is 7.25. The molecule has 1 amide bonds. The molecule has 128 valence electrons. The van der Waals surface area contributed by atoms with E-state index < -0.39 is 0 Å². The number of amides is 1. The molecule has 0 unspecified atom stereocenters. The number of hydroxylamine groups is 1. The summed E-state index contributed by atoms with van der Waals surface area (Å²) in [5, 5.41) is 0.984. The minimum absolute atomic E-state index is 0.154. The Labute approximate surface area is 151 Å². The Balaban J connectivity index is 1.56. The third kappa shape index (κ3) is 3.38. The van der Waals surface area contributed by atoms with Gasteiger partial charge < -0.3 is 4.57 Å². The van der Waals surface area contributed by atoms with Gasteiger partial charge in [-0.15, -0.1) is 11.3 Å². The van der Waals surface area contributed by atoms with Crippen molar-refractivity contribution in [2.75, 3.05) is 0 Å². The summed E-state index contributed by atoms with van der Waals surface area (Å²) in [7, 11) is 0. The fourth-order valence-electron chi connectivity index (χ4n) is 3.25. The number of fused-ring (bicyclic) bond motifs is 1. The van der Waals surface area contributed by atoms with Crippen molar-refractivity contribution >= 4 is 17.2 Å². The van der Waals surface area contributed by atoms with Crippen LogP contribution in [0.1, 0.15) is 39.2 Å². The monoisotopic (exact) mass is 352 g/mol. The second-order valence-corrected chi connectivity index (χ2v) is 7.27. The summed E-state index contributed by atoms with van der Waals surface area (Å²) in [5.74, 6) is -0.154. The SMILES string of the molecule is O=C(NOCc1ccccc1)c1c(-n2cccc2)sc2c1CCCC2. The molecule has 0 bridgehead atoms. The third-order valence-corrected chi connectivity index (χ3v) is 5.77. The molecule has 0 spiro atoms. The summed E-state index contributed by atoms with van der Waals surface area (Å²) in [4.78, 5) is 19.6. The highest BCUT2D eigenvalue weighted by Gasteiger charge is 2.26. The molecule has 5 heteroatoms. The maximum Gasteiger partial charge on any atom is 0.278 e. The van der Waals surface area contributed by atoms with Crippen LogP contribution in [0.15, 0.2) is 54.9 Å². The van der Waals surface area contributed by atoms with Gasteiger partial charge in [-0.1, -0.05) is 30.3 Å². The molecular formula is C20H20N2O2S. The molecule has 1 aliphatic rings. The van der Waals surface area contributed by atoms with Crippen molar-refractivity contribution < 1.29 is 9.63 Å². The summed E-state index contributed by atoms with van der Waals surface area (Å²) in [6.07, 6.45) is 8.34. The highest BCUT2D eigenvalue weighted by atomic mass is 32.1. The number of aromatic nitrogens is 1. The van der Waals surface area contributed by atoms with Crippen LogP contribution < -0.4 is 5.48 Å². The number of carbonyl (C=O) groups excluding carboxylic acids is 1. The number of nitrogens with one attached hydrogen (secondary N) is 1. The average molecular weight is 352 g/mol. The van der Waals surface area contributed by atoms with Crippen LogP contribution in [0.3, 0.4) is 0 Å². The van der Waals surface area contributed by atoms with Gasteiger partial charge in [0.05, 0.1) is 12.2 Å². The lowest BCUT2D eigenvalue weighted by atomic mass is 9.95. The lowest BCUT2D eigenvalue weighted by Crippen LogP contribution is -2.25. The Bertz CT molecular complexity index is 853. The van der Waals surface area contributed by atoms with Gasteiger partial charge in [0.15, 0.2) is 0 Å². The van der Waals surface area contributed by atoms with Crippen molar-refractivity contribution in [1.29, 1.82) is 0 Å². The van der Waals surface area contributed by atoms with Gasteiger partial charge in [-0.2, -0.15) is 0 Å². The van der Waals surface area contributed by atoms with E-state index in [9.17, 15) is 4.79 Å². The van der Waals surface area contributed by atoms with E-state index in [-0.39, 0.29) is 5.91 Å². The Kier molecular flexibility index (Phi) is 4.68. The highest BCUT2D eigenvalue weighted by Crippen LogP contribution is 2.36. The summed E-state index contributed by atoms with van der Waals surface area (Å²) in [5.41, 5.74) is 5.63. The molecule has 1 N–H and O–H groups in total. The first-order valence-electron chi connectivity index (χ1n) is 8.57. The summed E-state index contributed by atoms with van der Waals surface area (Å²) in [6.45, 7) is 0.359. The van der Waals surface area contributed by atoms with Crippen molar-refractivity contribution in [3.63, 3.8) is 0 Å². The van der Waals surface area contributed by atoms with Gasteiger partial charge in [0.1, 0.15) is 5.00 Å². The quantitative estimate of drug-likeness (QED) is 0.697. The van der Waals surface area contributed by atoms with Gasteiger partial charge in [0.25, 0.3) is 5.91 Å². The Morgan fingerprint density at radius 1 is 1.08 bits per heavy atom. The minimum atomic E-state index is -0.154. The highest BCUT2D eigenvalue weighted by molar-refractivity contribution is 7.15. The molecule has 3 aromatic rings. The Morgan fingerprint density at radius 3 is 2.64 bits per heavy atom. The molecule has 25 heavy (non-hydrogen) atoms. The average Bonchev–Trinajstić information content (AvgIpc) is 3.30. The molecule has 4 nitrogen and oxygen atoms in total. The second-order valence-electron chi connectivity index (χ2n) is 6.19. The van der Waals surface area contributed by atoms with Crippen LogP contribution in [0.5, 0.6) is 0 Å². The van der Waals surface area contributed by atoms with Crippen molar-refractivity contribution in [3.05, 3.63) is 76.4 Å².